The Labute approximate surface area is 130 Å². The highest BCUT2D eigenvalue weighted by Crippen LogP contribution is 2.26. The van der Waals surface area contributed by atoms with Crippen LogP contribution in [0.5, 0.6) is 0 Å². The topological polar surface area (TPSA) is 28.2 Å². The second kappa shape index (κ2) is 8.38. The fourth-order valence-electron chi connectivity index (χ4n) is 3.28. The fraction of sp³-hybridized carbons (Fsp3) is 0.722. The molecular formula is C18H31N3. The van der Waals surface area contributed by atoms with Gasteiger partial charge in [0, 0.05) is 19.1 Å². The number of nitrogens with zero attached hydrogens (tertiary/aromatic N) is 2. The first-order chi connectivity index (χ1) is 10.3. The summed E-state index contributed by atoms with van der Waals surface area (Å²) in [6.45, 7) is 10.2. The highest BCUT2D eigenvalue weighted by Gasteiger charge is 2.22. The first-order valence-electron chi connectivity index (χ1n) is 8.72. The van der Waals surface area contributed by atoms with Gasteiger partial charge in [-0.1, -0.05) is 27.2 Å². The molecule has 3 nitrogen and oxygen atoms in total. The molecule has 1 aromatic rings. The predicted molar refractivity (Wildman–Crippen MR) is 90.8 cm³/mol. The van der Waals surface area contributed by atoms with E-state index in [1.165, 1.54) is 50.2 Å². The predicted octanol–water partition coefficient (Wildman–Crippen LogP) is 4.16. The Morgan fingerprint density at radius 2 is 2.14 bits per heavy atom. The standard InChI is InChI=1S/C18H31N3/c1-4-7-15-10-12-21(14-15)16-8-9-18(20-13-16)17(6-3)19-11-5-2/h8-9,13,15,17,19H,4-7,10-12,14H2,1-3H3. The van der Waals surface area contributed by atoms with Crippen molar-refractivity contribution in [2.75, 3.05) is 24.5 Å². The number of hydrogen-bond acceptors (Lipinski definition) is 3. The normalized spacial score (nSPS) is 20.0. The zero-order chi connectivity index (χ0) is 15.1. The van der Waals surface area contributed by atoms with Gasteiger partial charge in [-0.2, -0.15) is 0 Å². The molecule has 2 atom stereocenters. The molecule has 0 aliphatic carbocycles. The fourth-order valence-corrected chi connectivity index (χ4v) is 3.28. The summed E-state index contributed by atoms with van der Waals surface area (Å²) in [6.07, 6.45) is 8.33. The lowest BCUT2D eigenvalue weighted by molar-refractivity contribution is 0.507. The lowest BCUT2D eigenvalue weighted by Gasteiger charge is -2.20. The van der Waals surface area contributed by atoms with Gasteiger partial charge in [0.25, 0.3) is 0 Å². The van der Waals surface area contributed by atoms with Crippen molar-refractivity contribution in [1.82, 2.24) is 10.3 Å². The van der Waals surface area contributed by atoms with E-state index in [1.54, 1.807) is 0 Å². The molecule has 0 bridgehead atoms. The third kappa shape index (κ3) is 4.44. The number of pyridine rings is 1. The van der Waals surface area contributed by atoms with Crippen LogP contribution < -0.4 is 10.2 Å². The minimum Gasteiger partial charge on any atom is -0.370 e. The van der Waals surface area contributed by atoms with Gasteiger partial charge >= 0.3 is 0 Å². The van der Waals surface area contributed by atoms with Gasteiger partial charge in [-0.15, -0.1) is 0 Å². The van der Waals surface area contributed by atoms with Crippen molar-refractivity contribution in [3.05, 3.63) is 24.0 Å². The zero-order valence-corrected chi connectivity index (χ0v) is 13.9. The minimum atomic E-state index is 0.394. The quantitative estimate of drug-likeness (QED) is 0.779. The SMILES string of the molecule is CCCNC(CC)c1ccc(N2CCC(CCC)C2)cn1. The van der Waals surface area contributed by atoms with E-state index in [9.17, 15) is 0 Å². The zero-order valence-electron chi connectivity index (χ0n) is 13.9. The Hall–Kier alpha value is -1.09. The molecule has 0 spiro atoms. The van der Waals surface area contributed by atoms with E-state index in [-0.39, 0.29) is 0 Å². The second-order valence-electron chi connectivity index (χ2n) is 6.25. The average molecular weight is 289 g/mol. The van der Waals surface area contributed by atoms with Gasteiger partial charge in [0.2, 0.25) is 0 Å². The third-order valence-corrected chi connectivity index (χ3v) is 4.52. The second-order valence-corrected chi connectivity index (χ2v) is 6.25. The molecule has 1 aliphatic heterocycles. The number of anilines is 1. The molecule has 1 saturated heterocycles. The van der Waals surface area contributed by atoms with Crippen molar-refractivity contribution in [2.24, 2.45) is 5.92 Å². The van der Waals surface area contributed by atoms with Crippen molar-refractivity contribution in [1.29, 1.82) is 0 Å². The van der Waals surface area contributed by atoms with Gasteiger partial charge in [-0.25, -0.2) is 0 Å². The van der Waals surface area contributed by atoms with Crippen LogP contribution >= 0.6 is 0 Å². The molecule has 0 amide bonds. The van der Waals surface area contributed by atoms with Crippen molar-refractivity contribution >= 4 is 5.69 Å². The van der Waals surface area contributed by atoms with Crippen LogP contribution in [0.2, 0.25) is 0 Å². The summed E-state index contributed by atoms with van der Waals surface area (Å²) in [6, 6.07) is 4.86. The average Bonchev–Trinajstić information content (AvgIpc) is 2.98. The van der Waals surface area contributed by atoms with Gasteiger partial charge in [-0.05, 0) is 50.3 Å². The number of aromatic nitrogens is 1. The van der Waals surface area contributed by atoms with E-state index < -0.39 is 0 Å². The number of nitrogens with one attached hydrogen (secondary N) is 1. The molecule has 2 heterocycles. The first kappa shape index (κ1) is 16.3. The molecule has 2 unspecified atom stereocenters. The summed E-state index contributed by atoms with van der Waals surface area (Å²) in [4.78, 5) is 7.21. The minimum absolute atomic E-state index is 0.394. The van der Waals surface area contributed by atoms with Crippen LogP contribution in [0.25, 0.3) is 0 Å². The van der Waals surface area contributed by atoms with Crippen molar-refractivity contribution in [3.8, 4) is 0 Å². The monoisotopic (exact) mass is 289 g/mol. The Balaban J connectivity index is 1.95. The Morgan fingerprint density at radius 1 is 1.29 bits per heavy atom. The van der Waals surface area contributed by atoms with Crippen LogP contribution in [-0.2, 0) is 0 Å². The van der Waals surface area contributed by atoms with Crippen molar-refractivity contribution in [2.45, 2.75) is 58.9 Å². The lowest BCUT2D eigenvalue weighted by atomic mass is 10.0. The van der Waals surface area contributed by atoms with E-state index in [1.807, 2.05) is 0 Å². The molecule has 21 heavy (non-hydrogen) atoms. The van der Waals surface area contributed by atoms with E-state index >= 15 is 0 Å². The smallest absolute Gasteiger partial charge is 0.0574 e. The van der Waals surface area contributed by atoms with Crippen LogP contribution in [0, 0.1) is 5.92 Å². The van der Waals surface area contributed by atoms with Gasteiger partial charge < -0.3 is 10.2 Å². The maximum absolute atomic E-state index is 4.71. The maximum atomic E-state index is 4.71. The van der Waals surface area contributed by atoms with Gasteiger partial charge in [0.15, 0.2) is 0 Å². The van der Waals surface area contributed by atoms with Crippen LogP contribution in [0.4, 0.5) is 5.69 Å². The summed E-state index contributed by atoms with van der Waals surface area (Å²) in [5, 5.41) is 3.57. The molecular weight excluding hydrogens is 258 g/mol. The van der Waals surface area contributed by atoms with Gasteiger partial charge in [-0.3, -0.25) is 4.98 Å². The van der Waals surface area contributed by atoms with E-state index in [2.05, 4.69) is 49.3 Å². The molecule has 2 rings (SSSR count). The number of hydrogen-bond donors (Lipinski definition) is 1. The summed E-state index contributed by atoms with van der Waals surface area (Å²) < 4.78 is 0. The Morgan fingerprint density at radius 3 is 2.76 bits per heavy atom. The van der Waals surface area contributed by atoms with Crippen molar-refractivity contribution < 1.29 is 0 Å². The van der Waals surface area contributed by atoms with E-state index in [0.717, 1.165) is 18.9 Å². The third-order valence-electron chi connectivity index (χ3n) is 4.52. The largest absolute Gasteiger partial charge is 0.370 e. The molecule has 3 heteroatoms. The van der Waals surface area contributed by atoms with E-state index in [0.29, 0.717) is 6.04 Å². The summed E-state index contributed by atoms with van der Waals surface area (Å²) in [7, 11) is 0. The van der Waals surface area contributed by atoms with Crippen LogP contribution in [-0.4, -0.2) is 24.6 Å². The Kier molecular flexibility index (Phi) is 6.50. The Bertz CT molecular complexity index is 401. The molecule has 1 aromatic heterocycles. The summed E-state index contributed by atoms with van der Waals surface area (Å²) in [5.41, 5.74) is 2.47. The first-order valence-corrected chi connectivity index (χ1v) is 8.72. The number of rotatable bonds is 8. The van der Waals surface area contributed by atoms with Crippen LogP contribution in [0.1, 0.15) is 64.6 Å². The molecule has 1 aliphatic rings. The van der Waals surface area contributed by atoms with Crippen LogP contribution in [0.15, 0.2) is 18.3 Å². The molecule has 118 valence electrons. The molecule has 0 aromatic carbocycles. The molecule has 0 saturated carbocycles. The summed E-state index contributed by atoms with van der Waals surface area (Å²) >= 11 is 0. The van der Waals surface area contributed by atoms with E-state index in [4.69, 9.17) is 4.98 Å². The van der Waals surface area contributed by atoms with Crippen molar-refractivity contribution in [3.63, 3.8) is 0 Å². The maximum Gasteiger partial charge on any atom is 0.0574 e. The molecule has 0 radical (unpaired) electrons. The lowest BCUT2D eigenvalue weighted by Crippen LogP contribution is -2.23. The molecule has 1 fully saturated rings. The highest BCUT2D eigenvalue weighted by molar-refractivity contribution is 5.45. The summed E-state index contributed by atoms with van der Waals surface area (Å²) in [5.74, 6) is 0.879. The molecule has 1 N–H and O–H groups in total. The van der Waals surface area contributed by atoms with Crippen LogP contribution in [0.3, 0.4) is 0 Å². The van der Waals surface area contributed by atoms with Gasteiger partial charge in [0.1, 0.15) is 0 Å². The highest BCUT2D eigenvalue weighted by atomic mass is 15.2. The van der Waals surface area contributed by atoms with Gasteiger partial charge in [0.05, 0.1) is 17.6 Å².